The van der Waals surface area contributed by atoms with Crippen molar-refractivity contribution in [3.05, 3.63) is 0 Å². The van der Waals surface area contributed by atoms with Crippen LogP contribution in [-0.4, -0.2) is 47.8 Å². The van der Waals surface area contributed by atoms with Gasteiger partial charge in [0.05, 0.1) is 19.1 Å². The molecule has 1 aliphatic rings. The fourth-order valence-corrected chi connectivity index (χ4v) is 2.69. The fourth-order valence-electron chi connectivity index (χ4n) is 2.69. The maximum atomic E-state index is 10.7. The zero-order valence-electron chi connectivity index (χ0n) is 12.4. The van der Waals surface area contributed by atoms with E-state index in [9.17, 15) is 4.79 Å². The summed E-state index contributed by atoms with van der Waals surface area (Å²) in [6, 6.07) is 0.543. The van der Waals surface area contributed by atoms with Crippen LogP contribution in [-0.2, 0) is 9.53 Å². The molecule has 19 heavy (non-hydrogen) atoms. The van der Waals surface area contributed by atoms with Gasteiger partial charge in [0.15, 0.2) is 0 Å². The van der Waals surface area contributed by atoms with Gasteiger partial charge in [0.25, 0.3) is 0 Å². The standard InChI is InChI=1S/C15H29NO3/c1-3-4-5-6-7-8-13(2)16-9-10-19-14(12-16)11-15(17)18/h13-14H,3-12H2,1-2H3,(H,17,18). The summed E-state index contributed by atoms with van der Waals surface area (Å²) < 4.78 is 5.50. The summed E-state index contributed by atoms with van der Waals surface area (Å²) in [6.07, 6.45) is 7.77. The highest BCUT2D eigenvalue weighted by atomic mass is 16.5. The van der Waals surface area contributed by atoms with Crippen molar-refractivity contribution in [1.29, 1.82) is 0 Å². The number of carboxylic acid groups (broad SMARTS) is 1. The molecule has 4 nitrogen and oxygen atoms in total. The van der Waals surface area contributed by atoms with E-state index in [1.807, 2.05) is 0 Å². The highest BCUT2D eigenvalue weighted by molar-refractivity contribution is 5.67. The largest absolute Gasteiger partial charge is 0.481 e. The molecule has 1 aliphatic heterocycles. The van der Waals surface area contributed by atoms with E-state index < -0.39 is 5.97 Å². The predicted octanol–water partition coefficient (Wildman–Crippen LogP) is 2.91. The molecule has 1 saturated heterocycles. The minimum atomic E-state index is -0.765. The number of morpholine rings is 1. The average molecular weight is 271 g/mol. The number of nitrogens with zero attached hydrogens (tertiary/aromatic N) is 1. The third-order valence-corrected chi connectivity index (χ3v) is 3.92. The molecule has 4 heteroatoms. The van der Waals surface area contributed by atoms with Crippen molar-refractivity contribution >= 4 is 5.97 Å². The Labute approximate surface area is 117 Å². The van der Waals surface area contributed by atoms with Crippen LogP contribution in [0.5, 0.6) is 0 Å². The first kappa shape index (κ1) is 16.4. The van der Waals surface area contributed by atoms with Crippen molar-refractivity contribution in [3.63, 3.8) is 0 Å². The molecular formula is C15H29NO3. The summed E-state index contributed by atoms with van der Waals surface area (Å²) in [6.45, 7) is 6.86. The van der Waals surface area contributed by atoms with Crippen LogP contribution < -0.4 is 0 Å². The lowest BCUT2D eigenvalue weighted by molar-refractivity contribution is -0.142. The predicted molar refractivity (Wildman–Crippen MR) is 76.4 cm³/mol. The second kappa shape index (κ2) is 9.32. The minimum Gasteiger partial charge on any atom is -0.481 e. The fraction of sp³-hybridized carbons (Fsp3) is 0.933. The van der Waals surface area contributed by atoms with E-state index in [2.05, 4.69) is 18.7 Å². The van der Waals surface area contributed by atoms with E-state index in [0.29, 0.717) is 12.6 Å². The molecule has 1 rings (SSSR count). The average Bonchev–Trinajstić information content (AvgIpc) is 2.38. The van der Waals surface area contributed by atoms with Crippen molar-refractivity contribution in [2.24, 2.45) is 0 Å². The van der Waals surface area contributed by atoms with E-state index in [-0.39, 0.29) is 12.5 Å². The third-order valence-electron chi connectivity index (χ3n) is 3.92. The molecule has 0 spiro atoms. The molecule has 0 aromatic rings. The SMILES string of the molecule is CCCCCCCC(C)N1CCOC(CC(=O)O)C1. The van der Waals surface area contributed by atoms with Crippen molar-refractivity contribution < 1.29 is 14.6 Å². The van der Waals surface area contributed by atoms with Crippen LogP contribution in [0.15, 0.2) is 0 Å². The maximum Gasteiger partial charge on any atom is 0.306 e. The van der Waals surface area contributed by atoms with Crippen molar-refractivity contribution in [1.82, 2.24) is 4.90 Å². The molecule has 0 saturated carbocycles. The summed E-state index contributed by atoms with van der Waals surface area (Å²) in [5.41, 5.74) is 0. The Morgan fingerprint density at radius 3 is 2.79 bits per heavy atom. The van der Waals surface area contributed by atoms with Crippen LogP contribution in [0.3, 0.4) is 0 Å². The minimum absolute atomic E-state index is 0.125. The Bertz CT molecular complexity index is 258. The van der Waals surface area contributed by atoms with Crippen LogP contribution in [0.25, 0.3) is 0 Å². The summed E-state index contributed by atoms with van der Waals surface area (Å²) in [5, 5.41) is 8.82. The molecule has 0 bridgehead atoms. The number of aliphatic carboxylic acids is 1. The molecule has 0 aromatic carbocycles. The van der Waals surface area contributed by atoms with E-state index in [0.717, 1.165) is 13.1 Å². The van der Waals surface area contributed by atoms with Gasteiger partial charge in [0.2, 0.25) is 0 Å². The van der Waals surface area contributed by atoms with Crippen LogP contribution in [0.2, 0.25) is 0 Å². The number of rotatable bonds is 9. The van der Waals surface area contributed by atoms with E-state index >= 15 is 0 Å². The molecule has 112 valence electrons. The smallest absolute Gasteiger partial charge is 0.306 e. The molecule has 1 heterocycles. The lowest BCUT2D eigenvalue weighted by atomic mass is 10.1. The maximum absolute atomic E-state index is 10.7. The lowest BCUT2D eigenvalue weighted by Crippen LogP contribution is -2.47. The quantitative estimate of drug-likeness (QED) is 0.655. The van der Waals surface area contributed by atoms with Crippen LogP contribution in [0.4, 0.5) is 0 Å². The van der Waals surface area contributed by atoms with E-state index in [1.165, 1.54) is 38.5 Å². The van der Waals surface area contributed by atoms with Crippen molar-refractivity contribution in [2.45, 2.75) is 70.9 Å². The molecule has 1 fully saturated rings. The van der Waals surface area contributed by atoms with Gasteiger partial charge in [0, 0.05) is 19.1 Å². The first-order valence-corrected chi connectivity index (χ1v) is 7.71. The van der Waals surface area contributed by atoms with Gasteiger partial charge < -0.3 is 9.84 Å². The number of hydrogen-bond acceptors (Lipinski definition) is 3. The molecule has 2 atom stereocenters. The highest BCUT2D eigenvalue weighted by Crippen LogP contribution is 2.16. The second-order valence-corrected chi connectivity index (χ2v) is 5.64. The molecule has 0 aromatic heterocycles. The Kier molecular flexibility index (Phi) is 8.07. The zero-order chi connectivity index (χ0) is 14.1. The molecular weight excluding hydrogens is 242 g/mol. The van der Waals surface area contributed by atoms with Gasteiger partial charge in [-0.15, -0.1) is 0 Å². The first-order valence-electron chi connectivity index (χ1n) is 7.71. The molecule has 1 N–H and O–H groups in total. The van der Waals surface area contributed by atoms with Gasteiger partial charge in [0.1, 0.15) is 0 Å². The Balaban J connectivity index is 2.19. The van der Waals surface area contributed by atoms with Crippen LogP contribution in [0, 0.1) is 0 Å². The third kappa shape index (κ3) is 6.92. The normalized spacial score (nSPS) is 22.3. The monoisotopic (exact) mass is 271 g/mol. The molecule has 0 amide bonds. The van der Waals surface area contributed by atoms with E-state index in [1.54, 1.807) is 0 Å². The summed E-state index contributed by atoms with van der Waals surface area (Å²) >= 11 is 0. The zero-order valence-corrected chi connectivity index (χ0v) is 12.4. The first-order chi connectivity index (χ1) is 9.13. The summed E-state index contributed by atoms with van der Waals surface area (Å²) in [4.78, 5) is 13.1. The topological polar surface area (TPSA) is 49.8 Å². The van der Waals surface area contributed by atoms with Gasteiger partial charge >= 0.3 is 5.97 Å². The van der Waals surface area contributed by atoms with Crippen LogP contribution >= 0.6 is 0 Å². The Morgan fingerprint density at radius 2 is 2.11 bits per heavy atom. The summed E-state index contributed by atoms with van der Waals surface area (Å²) in [5.74, 6) is -0.765. The second-order valence-electron chi connectivity index (χ2n) is 5.64. The number of carboxylic acids is 1. The number of hydrogen-bond donors (Lipinski definition) is 1. The van der Waals surface area contributed by atoms with Gasteiger partial charge in [-0.2, -0.15) is 0 Å². The Hall–Kier alpha value is -0.610. The van der Waals surface area contributed by atoms with E-state index in [4.69, 9.17) is 9.84 Å². The number of carbonyl (C=O) groups is 1. The number of ether oxygens (including phenoxy) is 1. The van der Waals surface area contributed by atoms with Crippen molar-refractivity contribution in [3.8, 4) is 0 Å². The van der Waals surface area contributed by atoms with Gasteiger partial charge in [-0.25, -0.2) is 0 Å². The van der Waals surface area contributed by atoms with Crippen LogP contribution in [0.1, 0.15) is 58.8 Å². The highest BCUT2D eigenvalue weighted by Gasteiger charge is 2.25. The van der Waals surface area contributed by atoms with Gasteiger partial charge in [-0.3, -0.25) is 9.69 Å². The van der Waals surface area contributed by atoms with Gasteiger partial charge in [-0.05, 0) is 13.3 Å². The molecule has 0 aliphatic carbocycles. The van der Waals surface area contributed by atoms with Crippen molar-refractivity contribution in [2.75, 3.05) is 19.7 Å². The van der Waals surface area contributed by atoms with Gasteiger partial charge in [-0.1, -0.05) is 39.0 Å². The Morgan fingerprint density at radius 1 is 1.37 bits per heavy atom. The number of unbranched alkanes of at least 4 members (excludes halogenated alkanes) is 4. The molecule has 0 radical (unpaired) electrons. The lowest BCUT2D eigenvalue weighted by Gasteiger charge is -2.36. The molecule has 2 unspecified atom stereocenters. The summed E-state index contributed by atoms with van der Waals surface area (Å²) in [7, 11) is 0.